The smallest absolute Gasteiger partial charge is 0.237 e. The van der Waals surface area contributed by atoms with Crippen molar-refractivity contribution in [3.63, 3.8) is 0 Å². The summed E-state index contributed by atoms with van der Waals surface area (Å²) in [6.07, 6.45) is 2.41. The van der Waals surface area contributed by atoms with Crippen molar-refractivity contribution >= 4 is 17.2 Å². The van der Waals surface area contributed by atoms with Crippen molar-refractivity contribution in [1.29, 1.82) is 0 Å². The van der Waals surface area contributed by atoms with Crippen molar-refractivity contribution < 1.29 is 9.53 Å². The number of nitrogens with zero attached hydrogens (tertiary/aromatic N) is 5. The molecule has 0 radical (unpaired) electrons. The molecule has 32 heavy (non-hydrogen) atoms. The first-order valence-electron chi connectivity index (χ1n) is 11.0. The molecule has 0 saturated carbocycles. The Morgan fingerprint density at radius 1 is 1.31 bits per heavy atom. The first-order chi connectivity index (χ1) is 15.3. The van der Waals surface area contributed by atoms with Gasteiger partial charge in [-0.25, -0.2) is 14.6 Å². The van der Waals surface area contributed by atoms with Crippen LogP contribution in [-0.2, 0) is 11.2 Å². The third kappa shape index (κ3) is 3.40. The van der Waals surface area contributed by atoms with Crippen molar-refractivity contribution in [2.75, 3.05) is 19.7 Å². The number of ether oxygens (including phenoxy) is 1. The Labute approximate surface area is 191 Å². The summed E-state index contributed by atoms with van der Waals surface area (Å²) in [5, 5.41) is 5.25. The van der Waals surface area contributed by atoms with Gasteiger partial charge < -0.3 is 10.5 Å². The van der Waals surface area contributed by atoms with E-state index in [1.807, 2.05) is 18.5 Å². The first-order valence-corrected chi connectivity index (χ1v) is 11.8. The van der Waals surface area contributed by atoms with Crippen LogP contribution in [0.3, 0.4) is 0 Å². The van der Waals surface area contributed by atoms with E-state index in [1.165, 1.54) is 10.4 Å². The second kappa shape index (κ2) is 7.67. The average Bonchev–Trinajstić information content (AvgIpc) is 3.31. The Morgan fingerprint density at radius 3 is 2.81 bits per heavy atom. The van der Waals surface area contributed by atoms with Crippen LogP contribution in [0.25, 0.3) is 22.1 Å². The summed E-state index contributed by atoms with van der Waals surface area (Å²) in [7, 11) is 0. The highest BCUT2D eigenvalue weighted by molar-refractivity contribution is 7.15. The molecule has 9 heteroatoms. The van der Waals surface area contributed by atoms with Gasteiger partial charge in [0.15, 0.2) is 10.8 Å². The Balaban J connectivity index is 1.43. The lowest BCUT2D eigenvalue weighted by Gasteiger charge is -2.47. The maximum Gasteiger partial charge on any atom is 0.237 e. The van der Waals surface area contributed by atoms with Crippen LogP contribution in [0.2, 0.25) is 0 Å². The molecule has 1 fully saturated rings. The van der Waals surface area contributed by atoms with E-state index >= 15 is 0 Å². The van der Waals surface area contributed by atoms with Crippen LogP contribution in [0.1, 0.15) is 50.1 Å². The molecule has 1 saturated heterocycles. The number of carbonyl (C=O) groups is 1. The number of hydrogen-bond acceptors (Lipinski definition) is 7. The molecule has 1 amide bonds. The van der Waals surface area contributed by atoms with Gasteiger partial charge in [0.2, 0.25) is 5.91 Å². The normalized spacial score (nSPS) is 16.8. The van der Waals surface area contributed by atoms with Gasteiger partial charge in [0.1, 0.15) is 12.1 Å². The van der Waals surface area contributed by atoms with Gasteiger partial charge >= 0.3 is 0 Å². The second-order valence-electron chi connectivity index (χ2n) is 9.29. The SMILES string of the molecule is CC(C)n1ncnc1-c1nc2c(s1)CCOc1cc(C3CN(C(C)(C)C(N)=O)C3)ccc1-2. The van der Waals surface area contributed by atoms with Gasteiger partial charge in [-0.15, -0.1) is 11.3 Å². The molecule has 5 rings (SSSR count). The minimum absolute atomic E-state index is 0.218. The van der Waals surface area contributed by atoms with Gasteiger partial charge in [0.05, 0.1) is 17.8 Å². The van der Waals surface area contributed by atoms with E-state index in [0.717, 1.165) is 47.3 Å². The molecule has 0 unspecified atom stereocenters. The lowest BCUT2D eigenvalue weighted by Crippen LogP contribution is -2.61. The van der Waals surface area contributed by atoms with E-state index in [-0.39, 0.29) is 11.9 Å². The first kappa shape index (κ1) is 21.1. The number of carbonyl (C=O) groups excluding carboxylic acids is 1. The number of thiazole rings is 1. The number of primary amides is 1. The minimum atomic E-state index is -0.624. The fourth-order valence-corrected chi connectivity index (χ4v) is 5.32. The van der Waals surface area contributed by atoms with Crippen LogP contribution in [0.5, 0.6) is 5.75 Å². The molecule has 168 valence electrons. The zero-order valence-corrected chi connectivity index (χ0v) is 19.6. The maximum absolute atomic E-state index is 11.7. The topological polar surface area (TPSA) is 99.2 Å². The van der Waals surface area contributed by atoms with Crippen LogP contribution >= 0.6 is 11.3 Å². The third-order valence-corrected chi connectivity index (χ3v) is 7.66. The van der Waals surface area contributed by atoms with E-state index in [4.69, 9.17) is 15.5 Å². The van der Waals surface area contributed by atoms with Gasteiger partial charge in [-0.05, 0) is 45.4 Å². The molecular weight excluding hydrogens is 424 g/mol. The molecule has 2 N–H and O–H groups in total. The van der Waals surface area contributed by atoms with Gasteiger partial charge in [0.25, 0.3) is 0 Å². The molecule has 3 aromatic rings. The Hall–Kier alpha value is -2.78. The minimum Gasteiger partial charge on any atom is -0.492 e. The molecule has 4 heterocycles. The largest absolute Gasteiger partial charge is 0.492 e. The molecule has 2 aliphatic rings. The highest BCUT2D eigenvalue weighted by Gasteiger charge is 2.41. The van der Waals surface area contributed by atoms with Crippen molar-refractivity contribution in [2.45, 2.75) is 51.6 Å². The summed E-state index contributed by atoms with van der Waals surface area (Å²) in [5.74, 6) is 1.75. The van der Waals surface area contributed by atoms with E-state index in [1.54, 1.807) is 17.7 Å². The summed E-state index contributed by atoms with van der Waals surface area (Å²) in [4.78, 5) is 24.5. The van der Waals surface area contributed by atoms with Crippen LogP contribution in [-0.4, -0.2) is 55.8 Å². The summed E-state index contributed by atoms with van der Waals surface area (Å²) in [5.41, 5.74) is 8.16. The van der Waals surface area contributed by atoms with Crippen LogP contribution in [0, 0.1) is 0 Å². The predicted octanol–water partition coefficient (Wildman–Crippen LogP) is 3.25. The number of hydrogen-bond donors (Lipinski definition) is 1. The van der Waals surface area contributed by atoms with Gasteiger partial charge in [-0.2, -0.15) is 5.10 Å². The molecule has 0 bridgehead atoms. The molecule has 2 aliphatic heterocycles. The number of aromatic nitrogens is 4. The van der Waals surface area contributed by atoms with Gasteiger partial charge in [-0.1, -0.05) is 6.07 Å². The predicted molar refractivity (Wildman–Crippen MR) is 124 cm³/mol. The number of fused-ring (bicyclic) bond motifs is 3. The highest BCUT2D eigenvalue weighted by Crippen LogP contribution is 2.42. The van der Waals surface area contributed by atoms with E-state index in [9.17, 15) is 4.79 Å². The number of amides is 1. The number of likely N-dealkylation sites (tertiary alicyclic amines) is 1. The lowest BCUT2D eigenvalue weighted by molar-refractivity contribution is -0.131. The standard InChI is InChI=1S/C23H28N6O2S/c1-13(2)29-20(25-12-26-29)21-27-19-16-6-5-14(9-17(16)31-8-7-18(19)32-21)15-10-28(11-15)23(3,4)22(24)30/h5-6,9,12-13,15H,7-8,10-11H2,1-4H3,(H2,24,30). The Morgan fingerprint density at radius 2 is 2.09 bits per heavy atom. The van der Waals surface area contributed by atoms with E-state index in [2.05, 4.69) is 47.0 Å². The molecule has 0 spiro atoms. The van der Waals surface area contributed by atoms with Gasteiger partial charge in [0, 0.05) is 41.9 Å². The summed E-state index contributed by atoms with van der Waals surface area (Å²) < 4.78 is 8.03. The number of nitrogens with two attached hydrogens (primary N) is 1. The highest BCUT2D eigenvalue weighted by atomic mass is 32.1. The molecule has 0 aliphatic carbocycles. The van der Waals surface area contributed by atoms with Crippen molar-refractivity contribution in [3.05, 3.63) is 35.0 Å². The van der Waals surface area contributed by atoms with Crippen molar-refractivity contribution in [1.82, 2.24) is 24.6 Å². The zero-order valence-electron chi connectivity index (χ0n) is 18.8. The molecule has 2 aromatic heterocycles. The summed E-state index contributed by atoms with van der Waals surface area (Å²) in [6, 6.07) is 6.63. The van der Waals surface area contributed by atoms with Crippen LogP contribution in [0.4, 0.5) is 0 Å². The summed E-state index contributed by atoms with van der Waals surface area (Å²) in [6.45, 7) is 10.2. The number of benzene rings is 1. The zero-order chi connectivity index (χ0) is 22.6. The molecule has 0 atom stereocenters. The van der Waals surface area contributed by atoms with Crippen LogP contribution < -0.4 is 10.5 Å². The van der Waals surface area contributed by atoms with Crippen molar-refractivity contribution in [2.24, 2.45) is 5.73 Å². The number of rotatable bonds is 5. The van der Waals surface area contributed by atoms with E-state index < -0.39 is 5.54 Å². The molecule has 8 nitrogen and oxygen atoms in total. The molecular formula is C23H28N6O2S. The van der Waals surface area contributed by atoms with Crippen molar-refractivity contribution in [3.8, 4) is 27.8 Å². The monoisotopic (exact) mass is 452 g/mol. The van der Waals surface area contributed by atoms with E-state index in [0.29, 0.717) is 12.5 Å². The third-order valence-electron chi connectivity index (χ3n) is 6.54. The summed E-state index contributed by atoms with van der Waals surface area (Å²) >= 11 is 1.67. The quantitative estimate of drug-likeness (QED) is 0.638. The van der Waals surface area contributed by atoms with Crippen LogP contribution in [0.15, 0.2) is 24.5 Å². The fourth-order valence-electron chi connectivity index (χ4n) is 4.27. The Kier molecular flexibility index (Phi) is 5.05. The maximum atomic E-state index is 11.7. The lowest BCUT2D eigenvalue weighted by atomic mass is 9.85. The Bertz CT molecular complexity index is 1180. The fraction of sp³-hybridized carbons (Fsp3) is 0.478. The second-order valence-corrected chi connectivity index (χ2v) is 10.4. The van der Waals surface area contributed by atoms with Gasteiger partial charge in [-0.3, -0.25) is 9.69 Å². The molecule has 1 aromatic carbocycles. The average molecular weight is 453 g/mol.